The molecular weight excluding hydrogens is 204 g/mol. The number of benzene rings is 1. The number of phenolic OH excluding ortho intramolecular Hbond substituents is 1. The fourth-order valence-corrected chi connectivity index (χ4v) is 1.54. The van der Waals surface area contributed by atoms with Crippen molar-refractivity contribution in [1.82, 2.24) is 0 Å². The lowest BCUT2D eigenvalue weighted by atomic mass is 10.0. The first-order valence-corrected chi connectivity index (χ1v) is 5.53. The van der Waals surface area contributed by atoms with Crippen molar-refractivity contribution < 1.29 is 14.6 Å². The molecule has 88 valence electrons. The normalized spacial score (nSPS) is 10.4. The van der Waals surface area contributed by atoms with E-state index in [1.165, 1.54) is 0 Å². The van der Waals surface area contributed by atoms with Gasteiger partial charge in [-0.15, -0.1) is 0 Å². The molecule has 0 spiro atoms. The molecule has 1 aromatic carbocycles. The molecule has 0 aromatic heterocycles. The Morgan fingerprint density at radius 3 is 2.81 bits per heavy atom. The quantitative estimate of drug-likeness (QED) is 0.752. The molecule has 0 aliphatic rings. The largest absolute Gasteiger partial charge is 0.507 e. The van der Waals surface area contributed by atoms with Crippen molar-refractivity contribution in [2.75, 3.05) is 13.7 Å². The molecule has 1 aromatic rings. The summed E-state index contributed by atoms with van der Waals surface area (Å²) in [5.74, 6) is 0.0684. The SMILES string of the molecule is CCCC(=O)c1cc(CCOC)ccc1O. The van der Waals surface area contributed by atoms with Crippen LogP contribution in [0.4, 0.5) is 0 Å². The molecule has 0 saturated heterocycles. The molecule has 1 rings (SSSR count). The first kappa shape index (κ1) is 12.7. The molecule has 0 amide bonds. The summed E-state index contributed by atoms with van der Waals surface area (Å²) in [5, 5.41) is 9.61. The molecule has 16 heavy (non-hydrogen) atoms. The average Bonchev–Trinajstić information content (AvgIpc) is 2.28. The third kappa shape index (κ3) is 3.35. The predicted molar refractivity (Wildman–Crippen MR) is 62.9 cm³/mol. The van der Waals surface area contributed by atoms with E-state index in [-0.39, 0.29) is 11.5 Å². The molecule has 0 aliphatic heterocycles. The molecule has 3 nitrogen and oxygen atoms in total. The summed E-state index contributed by atoms with van der Waals surface area (Å²) in [6, 6.07) is 5.15. The Labute approximate surface area is 96.1 Å². The second-order valence-corrected chi connectivity index (χ2v) is 3.77. The first-order valence-electron chi connectivity index (χ1n) is 5.53. The van der Waals surface area contributed by atoms with Gasteiger partial charge in [0, 0.05) is 13.5 Å². The number of hydrogen-bond acceptors (Lipinski definition) is 3. The summed E-state index contributed by atoms with van der Waals surface area (Å²) >= 11 is 0. The van der Waals surface area contributed by atoms with Gasteiger partial charge in [0.05, 0.1) is 12.2 Å². The van der Waals surface area contributed by atoms with E-state index in [4.69, 9.17) is 4.74 Å². The van der Waals surface area contributed by atoms with Gasteiger partial charge in [0.2, 0.25) is 0 Å². The lowest BCUT2D eigenvalue weighted by molar-refractivity contribution is 0.0979. The molecule has 0 atom stereocenters. The molecule has 0 bridgehead atoms. The van der Waals surface area contributed by atoms with E-state index >= 15 is 0 Å². The minimum absolute atomic E-state index is 0.000679. The van der Waals surface area contributed by atoms with Gasteiger partial charge in [0.1, 0.15) is 5.75 Å². The zero-order valence-corrected chi connectivity index (χ0v) is 9.82. The summed E-state index contributed by atoms with van der Waals surface area (Å²) in [6.45, 7) is 2.57. The van der Waals surface area contributed by atoms with Crippen LogP contribution < -0.4 is 0 Å². The molecule has 1 N–H and O–H groups in total. The molecule has 0 unspecified atom stereocenters. The van der Waals surface area contributed by atoms with Crippen LogP contribution in [0.2, 0.25) is 0 Å². The lowest BCUT2D eigenvalue weighted by Crippen LogP contribution is -2.01. The minimum atomic E-state index is -0.000679. The maximum atomic E-state index is 11.7. The first-order chi connectivity index (χ1) is 7.69. The highest BCUT2D eigenvalue weighted by Crippen LogP contribution is 2.21. The van der Waals surface area contributed by atoms with Gasteiger partial charge in [-0.2, -0.15) is 0 Å². The van der Waals surface area contributed by atoms with Crippen LogP contribution in [0.15, 0.2) is 18.2 Å². The van der Waals surface area contributed by atoms with Gasteiger partial charge in [-0.3, -0.25) is 4.79 Å². The van der Waals surface area contributed by atoms with Crippen LogP contribution in [0, 0.1) is 0 Å². The molecule has 3 heteroatoms. The zero-order valence-electron chi connectivity index (χ0n) is 9.82. The number of carbonyl (C=O) groups excluding carboxylic acids is 1. The summed E-state index contributed by atoms with van der Waals surface area (Å²) in [7, 11) is 1.64. The molecule has 0 saturated carbocycles. The number of rotatable bonds is 6. The maximum absolute atomic E-state index is 11.7. The topological polar surface area (TPSA) is 46.5 Å². The van der Waals surface area contributed by atoms with Crippen molar-refractivity contribution in [3.63, 3.8) is 0 Å². The van der Waals surface area contributed by atoms with Crippen molar-refractivity contribution in [3.8, 4) is 5.75 Å². The molecule has 0 aliphatic carbocycles. The summed E-state index contributed by atoms with van der Waals surface area (Å²) in [5.41, 5.74) is 1.44. The fourth-order valence-electron chi connectivity index (χ4n) is 1.54. The Morgan fingerprint density at radius 1 is 1.44 bits per heavy atom. The van der Waals surface area contributed by atoms with E-state index in [2.05, 4.69) is 0 Å². The minimum Gasteiger partial charge on any atom is -0.507 e. The van der Waals surface area contributed by atoms with E-state index in [9.17, 15) is 9.90 Å². The van der Waals surface area contributed by atoms with Crippen molar-refractivity contribution in [1.29, 1.82) is 0 Å². The Hall–Kier alpha value is -1.35. The number of ether oxygens (including phenoxy) is 1. The van der Waals surface area contributed by atoms with Gasteiger partial charge < -0.3 is 9.84 Å². The zero-order chi connectivity index (χ0) is 12.0. The van der Waals surface area contributed by atoms with Crippen molar-refractivity contribution in [2.24, 2.45) is 0 Å². The predicted octanol–water partition coefficient (Wildman–Crippen LogP) is 2.56. The highest BCUT2D eigenvalue weighted by Gasteiger charge is 2.10. The number of ketones is 1. The highest BCUT2D eigenvalue weighted by molar-refractivity contribution is 5.98. The summed E-state index contributed by atoms with van der Waals surface area (Å²) in [6.07, 6.45) is 2.02. The maximum Gasteiger partial charge on any atom is 0.166 e. The Bertz CT molecular complexity index is 358. The van der Waals surface area contributed by atoms with Crippen molar-refractivity contribution in [3.05, 3.63) is 29.3 Å². The Kier molecular flexibility index (Phi) is 4.99. The standard InChI is InChI=1S/C13H18O3/c1-3-4-12(14)11-9-10(7-8-16-2)5-6-13(11)15/h5-6,9,15H,3-4,7-8H2,1-2H3. The van der Waals surface area contributed by atoms with E-state index in [1.54, 1.807) is 19.2 Å². The monoisotopic (exact) mass is 222 g/mol. The number of methoxy groups -OCH3 is 1. The summed E-state index contributed by atoms with van der Waals surface area (Å²) in [4.78, 5) is 11.7. The van der Waals surface area contributed by atoms with Crippen molar-refractivity contribution in [2.45, 2.75) is 26.2 Å². The molecule has 0 heterocycles. The van der Waals surface area contributed by atoms with Crippen LogP contribution in [0.1, 0.15) is 35.7 Å². The van der Waals surface area contributed by atoms with Gasteiger partial charge in [-0.05, 0) is 30.5 Å². The van der Waals surface area contributed by atoms with Crippen LogP contribution in [0.3, 0.4) is 0 Å². The second-order valence-electron chi connectivity index (χ2n) is 3.77. The van der Waals surface area contributed by atoms with E-state index in [0.29, 0.717) is 18.6 Å². The van der Waals surface area contributed by atoms with Crippen LogP contribution in [-0.4, -0.2) is 24.6 Å². The van der Waals surface area contributed by atoms with Gasteiger partial charge >= 0.3 is 0 Å². The number of phenols is 1. The van der Waals surface area contributed by atoms with Gasteiger partial charge in [-0.1, -0.05) is 13.0 Å². The van der Waals surface area contributed by atoms with Gasteiger partial charge in [-0.25, -0.2) is 0 Å². The van der Waals surface area contributed by atoms with Crippen LogP contribution in [0.5, 0.6) is 5.75 Å². The Balaban J connectivity index is 2.85. The van der Waals surface area contributed by atoms with E-state index in [0.717, 1.165) is 18.4 Å². The number of carbonyl (C=O) groups is 1. The van der Waals surface area contributed by atoms with E-state index in [1.807, 2.05) is 13.0 Å². The molecule has 0 radical (unpaired) electrons. The summed E-state index contributed by atoms with van der Waals surface area (Å²) < 4.78 is 4.98. The second kappa shape index (κ2) is 6.28. The fraction of sp³-hybridized carbons (Fsp3) is 0.462. The molecular formula is C13H18O3. The van der Waals surface area contributed by atoms with E-state index < -0.39 is 0 Å². The van der Waals surface area contributed by atoms with Crippen LogP contribution in [0.25, 0.3) is 0 Å². The number of hydrogen-bond donors (Lipinski definition) is 1. The highest BCUT2D eigenvalue weighted by atomic mass is 16.5. The van der Waals surface area contributed by atoms with Crippen molar-refractivity contribution >= 4 is 5.78 Å². The number of aromatic hydroxyl groups is 1. The van der Waals surface area contributed by atoms with Crippen LogP contribution in [-0.2, 0) is 11.2 Å². The number of Topliss-reactive ketones (excluding diaryl/α,β-unsaturated/α-hetero) is 1. The van der Waals surface area contributed by atoms with Gasteiger partial charge in [0.15, 0.2) is 5.78 Å². The lowest BCUT2D eigenvalue weighted by Gasteiger charge is -2.06. The average molecular weight is 222 g/mol. The third-order valence-corrected chi connectivity index (χ3v) is 2.43. The van der Waals surface area contributed by atoms with Gasteiger partial charge in [0.25, 0.3) is 0 Å². The molecule has 0 fully saturated rings. The third-order valence-electron chi connectivity index (χ3n) is 2.43. The van der Waals surface area contributed by atoms with Crippen LogP contribution >= 0.6 is 0 Å². The Morgan fingerprint density at radius 2 is 2.19 bits per heavy atom. The smallest absolute Gasteiger partial charge is 0.166 e.